The number of nitrogens with one attached hydrogen (secondary N) is 1. The number of aliphatic imine (C=N–C) groups is 1. The third-order valence-electron chi connectivity index (χ3n) is 7.75. The first kappa shape index (κ1) is 31.9. The van der Waals surface area contributed by atoms with Gasteiger partial charge in [-0.15, -0.1) is 0 Å². The maximum atomic E-state index is 12.9. The smallest absolute Gasteiger partial charge is 0.231 e. The molecule has 0 saturated carbocycles. The number of carbonyl (C=O) groups is 1. The molecule has 244 valence electrons. The van der Waals surface area contributed by atoms with Gasteiger partial charge in [-0.3, -0.25) is 13.9 Å². The van der Waals surface area contributed by atoms with Crippen molar-refractivity contribution in [3.05, 3.63) is 16.8 Å². The summed E-state index contributed by atoms with van der Waals surface area (Å²) in [6.07, 6.45) is -6.92. The zero-order valence-electron chi connectivity index (χ0n) is 23.4. The molecule has 20 nitrogen and oxygen atoms in total. The SMILES string of the molecule is NC[C@H]1O[C@@H](n2c(Br)nc3c2N=CN(CNC(=O)CSc2nc4c(N)ncnc4n2[C@@H]2O[C@H](CN)C(O)C2O)C3N)C(O)C1O. The number of amides is 1. The zero-order chi connectivity index (χ0) is 32.2. The maximum Gasteiger partial charge on any atom is 0.231 e. The summed E-state index contributed by atoms with van der Waals surface area (Å²) < 4.78 is 14.7. The second kappa shape index (κ2) is 12.6. The molecule has 45 heavy (non-hydrogen) atoms. The normalized spacial score (nSPS) is 31.2. The highest BCUT2D eigenvalue weighted by molar-refractivity contribution is 9.10. The third kappa shape index (κ3) is 5.54. The molecule has 13 N–H and O–H groups in total. The van der Waals surface area contributed by atoms with Gasteiger partial charge in [-0.25, -0.2) is 24.9 Å². The minimum Gasteiger partial charge on any atom is -0.387 e. The summed E-state index contributed by atoms with van der Waals surface area (Å²) in [5.74, 6) is -0.117. The molecule has 3 aliphatic heterocycles. The number of aliphatic hydroxyl groups is 4. The molecule has 2 saturated heterocycles. The van der Waals surface area contributed by atoms with Crippen LogP contribution in [0.15, 0.2) is 21.2 Å². The van der Waals surface area contributed by atoms with Gasteiger partial charge in [-0.2, -0.15) is 0 Å². The second-order valence-corrected chi connectivity index (χ2v) is 12.1. The van der Waals surface area contributed by atoms with Crippen molar-refractivity contribution in [1.82, 2.24) is 39.3 Å². The number of nitrogen functional groups attached to an aromatic ring is 1. The molecule has 0 radical (unpaired) electrons. The number of fused-ring (bicyclic) bond motifs is 2. The maximum absolute atomic E-state index is 12.9. The Morgan fingerprint density at radius 2 is 1.64 bits per heavy atom. The lowest BCUT2D eigenvalue weighted by Gasteiger charge is -2.29. The van der Waals surface area contributed by atoms with E-state index >= 15 is 0 Å². The van der Waals surface area contributed by atoms with E-state index < -0.39 is 61.2 Å². The monoisotopic (exact) mass is 713 g/mol. The Hall–Kier alpha value is -3.03. The van der Waals surface area contributed by atoms with Crippen molar-refractivity contribution in [2.45, 2.75) is 60.4 Å². The lowest BCUT2D eigenvalue weighted by Crippen LogP contribution is -2.44. The molecule has 5 unspecified atom stereocenters. The van der Waals surface area contributed by atoms with E-state index in [0.29, 0.717) is 11.5 Å². The summed E-state index contributed by atoms with van der Waals surface area (Å²) in [5.41, 5.74) is 24.6. The van der Waals surface area contributed by atoms with Gasteiger partial charge in [0.1, 0.15) is 54.8 Å². The number of imidazole rings is 2. The van der Waals surface area contributed by atoms with E-state index in [2.05, 4.69) is 46.2 Å². The third-order valence-corrected chi connectivity index (χ3v) is 9.26. The number of thioether (sulfide) groups is 1. The van der Waals surface area contributed by atoms with Crippen molar-refractivity contribution in [2.24, 2.45) is 22.2 Å². The van der Waals surface area contributed by atoms with Crippen LogP contribution >= 0.6 is 27.7 Å². The van der Waals surface area contributed by atoms with Gasteiger partial charge in [0.05, 0.1) is 18.8 Å². The molecular formula is C23H32BrN13O7S. The van der Waals surface area contributed by atoms with E-state index in [1.165, 1.54) is 21.8 Å². The van der Waals surface area contributed by atoms with E-state index in [-0.39, 0.29) is 52.4 Å². The van der Waals surface area contributed by atoms with Gasteiger partial charge in [0.15, 0.2) is 45.1 Å². The number of rotatable bonds is 9. The molecule has 0 spiro atoms. The summed E-state index contributed by atoms with van der Waals surface area (Å²) in [4.78, 5) is 35.9. The van der Waals surface area contributed by atoms with Crippen LogP contribution < -0.4 is 28.3 Å². The molecule has 0 aromatic carbocycles. The van der Waals surface area contributed by atoms with Gasteiger partial charge in [0.25, 0.3) is 0 Å². The number of hydrogen-bond donors (Lipinski definition) is 9. The highest BCUT2D eigenvalue weighted by Crippen LogP contribution is 2.40. The summed E-state index contributed by atoms with van der Waals surface area (Å²) >= 11 is 4.38. The lowest BCUT2D eigenvalue weighted by atomic mass is 10.1. The van der Waals surface area contributed by atoms with Gasteiger partial charge >= 0.3 is 0 Å². The molecule has 6 rings (SSSR count). The molecule has 3 aromatic rings. The summed E-state index contributed by atoms with van der Waals surface area (Å²) in [6, 6.07) is 0. The molecule has 6 heterocycles. The summed E-state index contributed by atoms with van der Waals surface area (Å²) in [7, 11) is 0. The van der Waals surface area contributed by atoms with Crippen molar-refractivity contribution in [1.29, 1.82) is 0 Å². The van der Waals surface area contributed by atoms with Crippen molar-refractivity contribution >= 4 is 62.7 Å². The van der Waals surface area contributed by atoms with Crippen molar-refractivity contribution in [3.8, 4) is 0 Å². The molecular weight excluding hydrogens is 682 g/mol. The predicted octanol–water partition coefficient (Wildman–Crippen LogP) is -3.68. The number of nitrogens with zero attached hydrogens (tertiary/aromatic N) is 8. The minimum atomic E-state index is -1.34. The highest BCUT2D eigenvalue weighted by Gasteiger charge is 2.46. The van der Waals surface area contributed by atoms with Gasteiger partial charge in [-0.1, -0.05) is 11.8 Å². The Balaban J connectivity index is 1.13. The number of aliphatic hydroxyl groups excluding tert-OH is 4. The number of ether oxygens (including phenoxy) is 2. The number of aromatic nitrogens is 6. The van der Waals surface area contributed by atoms with Crippen LogP contribution in [0.25, 0.3) is 11.2 Å². The number of carbonyl (C=O) groups excluding carboxylic acids is 1. The van der Waals surface area contributed by atoms with Crippen LogP contribution in [0.2, 0.25) is 0 Å². The Kier molecular flexibility index (Phi) is 8.97. The lowest BCUT2D eigenvalue weighted by molar-refractivity contribution is -0.119. The Labute approximate surface area is 266 Å². The number of anilines is 1. The topological polar surface area (TPSA) is 310 Å². The molecule has 22 heteroatoms. The van der Waals surface area contributed by atoms with Crippen LogP contribution in [0.4, 0.5) is 11.6 Å². The molecule has 0 aliphatic carbocycles. The van der Waals surface area contributed by atoms with Crippen molar-refractivity contribution in [2.75, 3.05) is 31.2 Å². The van der Waals surface area contributed by atoms with Gasteiger partial charge < -0.3 is 63.1 Å². The minimum absolute atomic E-state index is 0.00638. The quantitative estimate of drug-likeness (QED) is 0.0964. The first-order chi connectivity index (χ1) is 21.5. The van der Waals surface area contributed by atoms with Gasteiger partial charge in [0, 0.05) is 13.1 Å². The Morgan fingerprint density at radius 3 is 2.27 bits per heavy atom. The van der Waals surface area contributed by atoms with Crippen LogP contribution in [0.3, 0.4) is 0 Å². The van der Waals surface area contributed by atoms with Crippen molar-refractivity contribution in [3.63, 3.8) is 0 Å². The van der Waals surface area contributed by atoms with E-state index in [1.54, 1.807) is 4.90 Å². The van der Waals surface area contributed by atoms with E-state index in [0.717, 1.165) is 11.8 Å². The average Bonchev–Trinajstić information content (AvgIpc) is 3.73. The highest BCUT2D eigenvalue weighted by atomic mass is 79.9. The van der Waals surface area contributed by atoms with Crippen LogP contribution in [0.1, 0.15) is 24.3 Å². The van der Waals surface area contributed by atoms with Crippen LogP contribution in [-0.4, -0.2) is 129 Å². The Bertz CT molecular complexity index is 1610. The summed E-state index contributed by atoms with van der Waals surface area (Å²) in [6.45, 7) is -0.0568. The van der Waals surface area contributed by atoms with E-state index in [4.69, 9.17) is 32.4 Å². The second-order valence-electron chi connectivity index (χ2n) is 10.5. The van der Waals surface area contributed by atoms with Crippen LogP contribution in [0.5, 0.6) is 0 Å². The fraction of sp³-hybridized carbons (Fsp3) is 0.565. The van der Waals surface area contributed by atoms with Crippen LogP contribution in [-0.2, 0) is 14.3 Å². The Morgan fingerprint density at radius 1 is 1.00 bits per heavy atom. The number of hydrogen-bond acceptors (Lipinski definition) is 18. The van der Waals surface area contributed by atoms with Crippen molar-refractivity contribution < 1.29 is 34.7 Å². The number of nitrogens with two attached hydrogens (primary N) is 4. The first-order valence-electron chi connectivity index (χ1n) is 13.7. The first-order valence-corrected chi connectivity index (χ1v) is 15.5. The molecule has 3 aliphatic rings. The standard InChI is InChI=1S/C23H32BrN13O7S/c24-22-33-11-17(28)35(6-32-19(11)36(22)20-14(41)12(39)7(1-25)43-20)5-31-9(38)3-45-23-34-10-16(27)29-4-30-18(10)37(23)21-15(42)13(40)8(2-26)44-21/h4,6-8,12-15,17,20-21,39-42H,1-3,5,25-26,28H2,(H,31,38)(H2,27,29,30)/t7-,8-,12?,13?,14?,15?,17?,20-,21-/m1/s1. The van der Waals surface area contributed by atoms with Gasteiger partial charge in [-0.05, 0) is 15.9 Å². The largest absolute Gasteiger partial charge is 0.387 e. The molecule has 3 aromatic heterocycles. The predicted molar refractivity (Wildman–Crippen MR) is 160 cm³/mol. The average molecular weight is 715 g/mol. The molecule has 1 amide bonds. The van der Waals surface area contributed by atoms with E-state index in [1.807, 2.05) is 0 Å². The molecule has 9 atom stereocenters. The summed E-state index contributed by atoms with van der Waals surface area (Å²) in [5, 5.41) is 44.9. The van der Waals surface area contributed by atoms with Gasteiger partial charge in [0.2, 0.25) is 5.91 Å². The fourth-order valence-corrected chi connectivity index (χ4v) is 6.74. The number of halogens is 1. The van der Waals surface area contributed by atoms with E-state index in [9.17, 15) is 25.2 Å². The molecule has 0 bridgehead atoms. The zero-order valence-corrected chi connectivity index (χ0v) is 25.8. The fourth-order valence-electron chi connectivity index (χ4n) is 5.34. The molecule has 2 fully saturated rings. The van der Waals surface area contributed by atoms with Crippen LogP contribution in [0, 0.1) is 0 Å².